The average Bonchev–Trinajstić information content (AvgIpc) is 3.24. The van der Waals surface area contributed by atoms with E-state index in [0.717, 1.165) is 76.0 Å². The van der Waals surface area contributed by atoms with E-state index >= 15 is 0 Å². The molecule has 58 heavy (non-hydrogen) atoms. The summed E-state index contributed by atoms with van der Waals surface area (Å²) in [5, 5.41) is 10.8. The first kappa shape index (κ1) is 46.5. The van der Waals surface area contributed by atoms with Gasteiger partial charge >= 0.3 is 0 Å². The highest BCUT2D eigenvalue weighted by Gasteiger charge is 2.33. The van der Waals surface area contributed by atoms with Crippen LogP contribution in [0.4, 0.5) is 17.6 Å². The molecule has 0 heterocycles. The third kappa shape index (κ3) is 12.7. The molecule has 0 aliphatic heterocycles. The maximum atomic E-state index is 14.5. The van der Waals surface area contributed by atoms with E-state index in [1.54, 1.807) is 32.0 Å². The molecule has 4 saturated carbocycles. The normalized spacial score (nSPS) is 28.2. The summed E-state index contributed by atoms with van der Waals surface area (Å²) in [7, 11) is 0. The second kappa shape index (κ2) is 23.4. The summed E-state index contributed by atoms with van der Waals surface area (Å²) < 4.78 is 67.7. The van der Waals surface area contributed by atoms with E-state index in [9.17, 15) is 27.5 Å². The van der Waals surface area contributed by atoms with Gasteiger partial charge in [0.05, 0.1) is 19.3 Å². The molecule has 0 saturated heterocycles. The monoisotopic (exact) mass is 815 g/mol. The second-order valence-corrected chi connectivity index (χ2v) is 18.4. The quantitative estimate of drug-likeness (QED) is 0.172. The Labute approximate surface area is 347 Å². The van der Waals surface area contributed by atoms with E-state index in [1.807, 2.05) is 0 Å². The molecule has 1 atom stereocenters. The molecule has 0 aromatic heterocycles. The van der Waals surface area contributed by atoms with Crippen LogP contribution in [0.2, 0.25) is 0 Å². The Morgan fingerprint density at radius 2 is 0.983 bits per heavy atom. The molecular formula is C50H74F4O4. The first-order chi connectivity index (χ1) is 28.1. The molecule has 326 valence electrons. The number of halogens is 4. The number of Topliss-reactive ketones (excluding diaryl/α,β-unsaturated/α-hetero) is 1. The Bertz CT molecular complexity index is 1530. The lowest BCUT2D eigenvalue weighted by molar-refractivity contribution is -0.125. The summed E-state index contributed by atoms with van der Waals surface area (Å²) in [6.45, 7) is 8.65. The Hall–Kier alpha value is -2.61. The van der Waals surface area contributed by atoms with E-state index < -0.39 is 23.3 Å². The van der Waals surface area contributed by atoms with Gasteiger partial charge in [-0.05, 0) is 149 Å². The number of aliphatic hydroxyl groups is 1. The summed E-state index contributed by atoms with van der Waals surface area (Å²) in [6.07, 6.45) is 23.2. The van der Waals surface area contributed by atoms with Crippen LogP contribution >= 0.6 is 0 Å². The number of ketones is 1. The molecular weight excluding hydrogens is 741 g/mol. The number of hydrogen-bond acceptors (Lipinski definition) is 4. The van der Waals surface area contributed by atoms with Crippen molar-refractivity contribution in [1.29, 1.82) is 0 Å². The van der Waals surface area contributed by atoms with Gasteiger partial charge in [0.1, 0.15) is 5.78 Å². The topological polar surface area (TPSA) is 55.8 Å². The van der Waals surface area contributed by atoms with Gasteiger partial charge in [-0.15, -0.1) is 0 Å². The van der Waals surface area contributed by atoms with Gasteiger partial charge in [0.2, 0.25) is 11.6 Å². The minimum absolute atomic E-state index is 0.00582. The SMILES string of the molecule is CCCC1CCC(CC(=O)C2CCC(c3ccc(OCC)c(F)c3F)CC2)CC1.CCCC1CCC(CC(O)C2CCC(c3ccc(OCC)c(F)c3F)CC2)CC1. The molecule has 6 rings (SSSR count). The maximum absolute atomic E-state index is 14.5. The van der Waals surface area contributed by atoms with Gasteiger partial charge in [-0.25, -0.2) is 8.78 Å². The number of benzene rings is 2. The van der Waals surface area contributed by atoms with Crippen LogP contribution in [0.15, 0.2) is 24.3 Å². The lowest BCUT2D eigenvalue weighted by atomic mass is 9.72. The van der Waals surface area contributed by atoms with Crippen molar-refractivity contribution in [2.45, 2.75) is 187 Å². The van der Waals surface area contributed by atoms with Crippen LogP contribution in [-0.2, 0) is 4.79 Å². The maximum Gasteiger partial charge on any atom is 0.200 e. The van der Waals surface area contributed by atoms with Crippen LogP contribution in [0.1, 0.15) is 192 Å². The van der Waals surface area contributed by atoms with Crippen LogP contribution in [0.25, 0.3) is 0 Å². The number of ether oxygens (including phenoxy) is 2. The van der Waals surface area contributed by atoms with Crippen LogP contribution in [0.3, 0.4) is 0 Å². The van der Waals surface area contributed by atoms with Gasteiger partial charge in [-0.3, -0.25) is 4.79 Å². The summed E-state index contributed by atoms with van der Waals surface area (Å²) in [4.78, 5) is 12.8. The van der Waals surface area contributed by atoms with Crippen molar-refractivity contribution in [1.82, 2.24) is 0 Å². The van der Waals surface area contributed by atoms with E-state index in [2.05, 4.69) is 13.8 Å². The van der Waals surface area contributed by atoms with Crippen LogP contribution < -0.4 is 9.47 Å². The van der Waals surface area contributed by atoms with Crippen molar-refractivity contribution >= 4 is 5.78 Å². The van der Waals surface area contributed by atoms with Crippen LogP contribution in [0.5, 0.6) is 11.5 Å². The molecule has 0 bridgehead atoms. The minimum Gasteiger partial charge on any atom is -0.491 e. The molecule has 8 heteroatoms. The Morgan fingerprint density at radius 1 is 0.569 bits per heavy atom. The van der Waals surface area contributed by atoms with Gasteiger partial charge < -0.3 is 14.6 Å². The highest BCUT2D eigenvalue weighted by molar-refractivity contribution is 5.81. The first-order valence-corrected chi connectivity index (χ1v) is 23.5. The highest BCUT2D eigenvalue weighted by atomic mass is 19.2. The largest absolute Gasteiger partial charge is 0.491 e. The smallest absolute Gasteiger partial charge is 0.200 e. The number of rotatable bonds is 16. The van der Waals surface area contributed by atoms with Crippen molar-refractivity contribution < 1.29 is 36.9 Å². The fraction of sp³-hybridized carbons (Fsp3) is 0.740. The van der Waals surface area contributed by atoms with Crippen molar-refractivity contribution in [3.63, 3.8) is 0 Å². The number of hydrogen-bond donors (Lipinski definition) is 1. The zero-order valence-electron chi connectivity index (χ0n) is 36.2. The fourth-order valence-corrected chi connectivity index (χ4v) is 11.1. The molecule has 1 N–H and O–H groups in total. The van der Waals surface area contributed by atoms with Gasteiger partial charge in [-0.1, -0.05) is 90.2 Å². The van der Waals surface area contributed by atoms with Crippen molar-refractivity contribution in [3.8, 4) is 11.5 Å². The Balaban J connectivity index is 0.000000221. The Kier molecular flexibility index (Phi) is 18.7. The lowest BCUT2D eigenvalue weighted by Gasteiger charge is -2.35. The zero-order valence-corrected chi connectivity index (χ0v) is 36.2. The summed E-state index contributed by atoms with van der Waals surface area (Å²) >= 11 is 0. The lowest BCUT2D eigenvalue weighted by Crippen LogP contribution is -2.29. The molecule has 2 aromatic carbocycles. The molecule has 1 unspecified atom stereocenters. The zero-order chi connectivity index (χ0) is 41.6. The predicted molar refractivity (Wildman–Crippen MR) is 225 cm³/mol. The van der Waals surface area contributed by atoms with Crippen LogP contribution in [0, 0.1) is 58.8 Å². The van der Waals surface area contributed by atoms with Crippen molar-refractivity contribution in [3.05, 3.63) is 58.7 Å². The summed E-state index contributed by atoms with van der Waals surface area (Å²) in [5.74, 6) is 0.495. The van der Waals surface area contributed by atoms with Crippen molar-refractivity contribution in [2.75, 3.05) is 13.2 Å². The average molecular weight is 815 g/mol. The minimum atomic E-state index is -0.888. The molecule has 0 amide bonds. The standard InChI is InChI=1S/C25H38F2O2.C25H36F2O2/c2*1-3-5-17-6-8-18(9-7-17)16-22(28)20-12-10-19(11-13-20)21-14-15-23(29-4-2)25(27)24(21)26/h14-15,17-20,22,28H,3-13,16H2,1-2H3;14-15,17-20H,3-13,16H2,1-2H3. The Morgan fingerprint density at radius 3 is 1.41 bits per heavy atom. The van der Waals surface area contributed by atoms with Gasteiger partial charge in [0, 0.05) is 12.3 Å². The number of carbonyl (C=O) groups is 1. The number of carbonyl (C=O) groups excluding carboxylic acids is 1. The van der Waals surface area contributed by atoms with E-state index in [4.69, 9.17) is 9.47 Å². The van der Waals surface area contributed by atoms with E-state index in [0.29, 0.717) is 47.9 Å². The van der Waals surface area contributed by atoms with Crippen LogP contribution in [-0.4, -0.2) is 30.2 Å². The van der Waals surface area contributed by atoms with Gasteiger partial charge in [0.25, 0.3) is 0 Å². The number of aliphatic hydroxyl groups excluding tert-OH is 1. The molecule has 4 aliphatic carbocycles. The van der Waals surface area contributed by atoms with E-state index in [1.165, 1.54) is 83.1 Å². The van der Waals surface area contributed by atoms with Crippen molar-refractivity contribution in [2.24, 2.45) is 35.5 Å². The third-order valence-corrected chi connectivity index (χ3v) is 14.5. The first-order valence-electron chi connectivity index (χ1n) is 23.5. The molecule has 0 radical (unpaired) electrons. The fourth-order valence-electron chi connectivity index (χ4n) is 11.1. The molecule has 2 aromatic rings. The highest BCUT2D eigenvalue weighted by Crippen LogP contribution is 2.43. The molecule has 4 fully saturated rings. The molecule has 4 nitrogen and oxygen atoms in total. The summed E-state index contributed by atoms with van der Waals surface area (Å²) in [6, 6.07) is 6.42. The second-order valence-electron chi connectivity index (χ2n) is 18.4. The third-order valence-electron chi connectivity index (χ3n) is 14.5. The predicted octanol–water partition coefficient (Wildman–Crippen LogP) is 14.2. The van der Waals surface area contributed by atoms with E-state index in [-0.39, 0.29) is 35.4 Å². The van der Waals surface area contributed by atoms with Gasteiger partial charge in [0.15, 0.2) is 23.1 Å². The molecule has 0 spiro atoms. The molecule has 4 aliphatic rings. The van der Waals surface area contributed by atoms with Gasteiger partial charge in [-0.2, -0.15) is 8.78 Å². The summed E-state index contributed by atoms with van der Waals surface area (Å²) in [5.41, 5.74) is 0.902.